The van der Waals surface area contributed by atoms with Crippen LogP contribution < -0.4 is 10.0 Å². The Morgan fingerprint density at radius 1 is 1.35 bits per heavy atom. The van der Waals surface area contributed by atoms with E-state index in [0.29, 0.717) is 35.8 Å². The first kappa shape index (κ1) is 15.5. The molecular weight excluding hydrogens is 320 g/mol. The van der Waals surface area contributed by atoms with Crippen molar-refractivity contribution in [3.63, 3.8) is 0 Å². The van der Waals surface area contributed by atoms with Crippen molar-refractivity contribution >= 4 is 50.7 Å². The molecule has 1 aliphatic heterocycles. The molecule has 0 fully saturated rings. The fourth-order valence-electron chi connectivity index (χ4n) is 1.76. The lowest BCUT2D eigenvalue weighted by atomic mass is 10.3. The van der Waals surface area contributed by atoms with Gasteiger partial charge in [0, 0.05) is 10.8 Å². The predicted molar refractivity (Wildman–Crippen MR) is 83.2 cm³/mol. The third-order valence-corrected chi connectivity index (χ3v) is 5.40. The van der Waals surface area contributed by atoms with Crippen LogP contribution in [-0.2, 0) is 14.8 Å². The summed E-state index contributed by atoms with van der Waals surface area (Å²) >= 11 is 6.96. The summed E-state index contributed by atoms with van der Waals surface area (Å²) in [6, 6.07) is 5.14. The Balaban J connectivity index is 2.06. The third-order valence-electron chi connectivity index (χ3n) is 2.68. The van der Waals surface area contributed by atoms with E-state index >= 15 is 0 Å². The Labute approximate surface area is 127 Å². The number of anilines is 2. The van der Waals surface area contributed by atoms with Gasteiger partial charge in [0.15, 0.2) is 0 Å². The molecule has 0 atom stereocenters. The standard InChI is InChI=1S/C12H15ClN2O3S2/c13-5-1-2-6-20(17,18)15-9-3-4-11-10(7-9)14-12(16)8-19-11/h3-4,7,15H,1-2,5-6,8H2,(H,14,16). The number of thioether (sulfide) groups is 1. The Hall–Kier alpha value is -0.920. The van der Waals surface area contributed by atoms with Crippen molar-refractivity contribution in [3.8, 4) is 0 Å². The monoisotopic (exact) mass is 334 g/mol. The Bertz CT molecular complexity index is 605. The zero-order valence-electron chi connectivity index (χ0n) is 10.7. The molecule has 110 valence electrons. The lowest BCUT2D eigenvalue weighted by Gasteiger charge is -2.17. The predicted octanol–water partition coefficient (Wildman–Crippen LogP) is 2.49. The van der Waals surface area contributed by atoms with Gasteiger partial charge in [0.25, 0.3) is 0 Å². The number of unbranched alkanes of at least 4 members (excludes halogenated alkanes) is 1. The van der Waals surface area contributed by atoms with Crippen molar-refractivity contribution in [2.45, 2.75) is 17.7 Å². The van der Waals surface area contributed by atoms with Gasteiger partial charge in [0.2, 0.25) is 15.9 Å². The van der Waals surface area contributed by atoms with Gasteiger partial charge < -0.3 is 5.32 Å². The normalized spacial score (nSPS) is 14.6. The molecule has 0 saturated heterocycles. The van der Waals surface area contributed by atoms with E-state index in [1.54, 1.807) is 18.2 Å². The summed E-state index contributed by atoms with van der Waals surface area (Å²) in [6.45, 7) is 0. The maximum absolute atomic E-state index is 11.9. The number of benzene rings is 1. The van der Waals surface area contributed by atoms with Crippen LogP contribution in [0.15, 0.2) is 23.1 Å². The fourth-order valence-corrected chi connectivity index (χ4v) is 3.91. The molecule has 1 aromatic carbocycles. The summed E-state index contributed by atoms with van der Waals surface area (Å²) in [5.41, 5.74) is 1.10. The number of nitrogens with one attached hydrogen (secondary N) is 2. The number of carbonyl (C=O) groups is 1. The van der Waals surface area contributed by atoms with Gasteiger partial charge >= 0.3 is 0 Å². The van der Waals surface area contributed by atoms with Crippen molar-refractivity contribution in [2.75, 3.05) is 27.4 Å². The number of carbonyl (C=O) groups excluding carboxylic acids is 1. The molecule has 0 radical (unpaired) electrons. The lowest BCUT2D eigenvalue weighted by Crippen LogP contribution is -2.20. The van der Waals surface area contributed by atoms with Crippen LogP contribution in [0.5, 0.6) is 0 Å². The first-order valence-corrected chi connectivity index (χ1v) is 9.30. The summed E-state index contributed by atoms with van der Waals surface area (Å²) < 4.78 is 26.2. The number of amides is 1. The van der Waals surface area contributed by atoms with Crippen LogP contribution in [-0.4, -0.2) is 31.7 Å². The molecule has 20 heavy (non-hydrogen) atoms. The summed E-state index contributed by atoms with van der Waals surface area (Å²) in [5.74, 6) is 0.802. The highest BCUT2D eigenvalue weighted by Gasteiger charge is 2.17. The number of fused-ring (bicyclic) bond motifs is 1. The van der Waals surface area contributed by atoms with E-state index < -0.39 is 10.0 Å². The minimum atomic E-state index is -3.38. The molecule has 0 unspecified atom stereocenters. The van der Waals surface area contributed by atoms with Crippen LogP contribution in [0, 0.1) is 0 Å². The molecule has 0 spiro atoms. The number of sulfonamides is 1. The second-order valence-electron chi connectivity index (χ2n) is 4.36. The molecule has 1 amide bonds. The van der Waals surface area contributed by atoms with Crippen molar-refractivity contribution in [1.29, 1.82) is 0 Å². The maximum Gasteiger partial charge on any atom is 0.234 e. The van der Waals surface area contributed by atoms with Crippen LogP contribution >= 0.6 is 23.4 Å². The van der Waals surface area contributed by atoms with Crippen LogP contribution in [0.25, 0.3) is 0 Å². The van der Waals surface area contributed by atoms with Crippen molar-refractivity contribution in [2.24, 2.45) is 0 Å². The highest BCUT2D eigenvalue weighted by molar-refractivity contribution is 8.00. The molecule has 5 nitrogen and oxygen atoms in total. The van der Waals surface area contributed by atoms with Gasteiger partial charge in [-0.25, -0.2) is 8.42 Å². The van der Waals surface area contributed by atoms with Crippen molar-refractivity contribution < 1.29 is 13.2 Å². The third kappa shape index (κ3) is 4.29. The Kier molecular flexibility index (Phi) is 5.17. The zero-order valence-corrected chi connectivity index (χ0v) is 13.1. The topological polar surface area (TPSA) is 75.3 Å². The average molecular weight is 335 g/mol. The summed E-state index contributed by atoms with van der Waals surface area (Å²) in [4.78, 5) is 12.3. The molecule has 1 aromatic rings. The molecule has 8 heteroatoms. The van der Waals surface area contributed by atoms with E-state index in [0.717, 1.165) is 4.90 Å². The molecular formula is C12H15ClN2O3S2. The maximum atomic E-state index is 11.9. The molecule has 2 N–H and O–H groups in total. The molecule has 0 bridgehead atoms. The molecule has 0 aromatic heterocycles. The number of hydrogen-bond donors (Lipinski definition) is 2. The Morgan fingerprint density at radius 2 is 2.15 bits per heavy atom. The first-order valence-electron chi connectivity index (χ1n) is 6.13. The summed E-state index contributed by atoms with van der Waals surface area (Å²) in [7, 11) is -3.38. The van der Waals surface area contributed by atoms with Gasteiger partial charge in [0.05, 0.1) is 22.9 Å². The van der Waals surface area contributed by atoms with Crippen LogP contribution in [0.4, 0.5) is 11.4 Å². The number of hydrogen-bond acceptors (Lipinski definition) is 4. The molecule has 2 rings (SSSR count). The minimum Gasteiger partial charge on any atom is -0.324 e. The summed E-state index contributed by atoms with van der Waals surface area (Å²) in [5, 5.41) is 2.73. The number of alkyl halides is 1. The van der Waals surface area contributed by atoms with E-state index in [4.69, 9.17) is 11.6 Å². The fraction of sp³-hybridized carbons (Fsp3) is 0.417. The van der Waals surface area contributed by atoms with E-state index in [9.17, 15) is 13.2 Å². The molecule has 0 aliphatic carbocycles. The van der Waals surface area contributed by atoms with E-state index in [-0.39, 0.29) is 11.7 Å². The molecule has 1 heterocycles. The van der Waals surface area contributed by atoms with Crippen molar-refractivity contribution in [1.82, 2.24) is 0 Å². The zero-order chi connectivity index (χ0) is 14.6. The Morgan fingerprint density at radius 3 is 2.90 bits per heavy atom. The van der Waals surface area contributed by atoms with E-state index in [2.05, 4.69) is 10.0 Å². The number of rotatable bonds is 6. The number of halogens is 1. The second kappa shape index (κ2) is 6.69. The van der Waals surface area contributed by atoms with Crippen molar-refractivity contribution in [3.05, 3.63) is 18.2 Å². The van der Waals surface area contributed by atoms with Gasteiger partial charge in [0.1, 0.15) is 0 Å². The van der Waals surface area contributed by atoms with Gasteiger partial charge in [-0.1, -0.05) is 0 Å². The van der Waals surface area contributed by atoms with Gasteiger partial charge in [-0.2, -0.15) is 0 Å². The van der Waals surface area contributed by atoms with Gasteiger partial charge in [-0.05, 0) is 31.0 Å². The molecule has 0 saturated carbocycles. The quantitative estimate of drug-likeness (QED) is 0.619. The highest BCUT2D eigenvalue weighted by atomic mass is 35.5. The van der Waals surface area contributed by atoms with Crippen LogP contribution in [0.1, 0.15) is 12.8 Å². The lowest BCUT2D eigenvalue weighted by molar-refractivity contribution is -0.113. The van der Waals surface area contributed by atoms with E-state index in [1.165, 1.54) is 11.8 Å². The average Bonchev–Trinajstić information content (AvgIpc) is 2.38. The smallest absolute Gasteiger partial charge is 0.234 e. The van der Waals surface area contributed by atoms with Crippen LogP contribution in [0.3, 0.4) is 0 Å². The van der Waals surface area contributed by atoms with E-state index in [1.807, 2.05) is 0 Å². The second-order valence-corrected chi connectivity index (χ2v) is 7.60. The summed E-state index contributed by atoms with van der Waals surface area (Å²) in [6.07, 6.45) is 1.19. The van der Waals surface area contributed by atoms with Gasteiger partial charge in [-0.3, -0.25) is 9.52 Å². The minimum absolute atomic E-state index is 0.0396. The van der Waals surface area contributed by atoms with Gasteiger partial charge in [-0.15, -0.1) is 23.4 Å². The SMILES string of the molecule is O=C1CSc2ccc(NS(=O)(=O)CCCCCl)cc2N1. The molecule has 1 aliphatic rings. The largest absolute Gasteiger partial charge is 0.324 e. The van der Waals surface area contributed by atoms with Crippen LogP contribution in [0.2, 0.25) is 0 Å². The first-order chi connectivity index (χ1) is 9.50. The highest BCUT2D eigenvalue weighted by Crippen LogP contribution is 2.33.